The maximum atomic E-state index is 13.9. The summed E-state index contributed by atoms with van der Waals surface area (Å²) in [5.41, 5.74) is 1.16. The summed E-state index contributed by atoms with van der Waals surface area (Å²) in [7, 11) is 0. The molecular formula is C16H18F2N2O. The van der Waals surface area contributed by atoms with Gasteiger partial charge in [-0.15, -0.1) is 0 Å². The fourth-order valence-corrected chi connectivity index (χ4v) is 1.80. The number of pyridine rings is 1. The summed E-state index contributed by atoms with van der Waals surface area (Å²) in [5, 5.41) is 3.11. The van der Waals surface area contributed by atoms with E-state index >= 15 is 0 Å². The number of rotatable bonds is 6. The van der Waals surface area contributed by atoms with Crippen molar-refractivity contribution in [3.05, 3.63) is 59.4 Å². The Bertz CT molecular complexity index is 565. The van der Waals surface area contributed by atoms with Gasteiger partial charge in [0.05, 0.1) is 5.69 Å². The molecule has 0 unspecified atom stereocenters. The van der Waals surface area contributed by atoms with Gasteiger partial charge in [0.25, 0.3) is 0 Å². The van der Waals surface area contributed by atoms with Gasteiger partial charge in [0.1, 0.15) is 6.61 Å². The van der Waals surface area contributed by atoms with Crippen LogP contribution in [0.25, 0.3) is 0 Å². The highest BCUT2D eigenvalue weighted by Crippen LogP contribution is 2.24. The van der Waals surface area contributed by atoms with Crippen molar-refractivity contribution in [2.24, 2.45) is 0 Å². The van der Waals surface area contributed by atoms with Gasteiger partial charge in [-0.1, -0.05) is 19.9 Å². The van der Waals surface area contributed by atoms with E-state index in [1.165, 1.54) is 12.1 Å². The Kier molecular flexibility index (Phi) is 5.22. The molecule has 0 amide bonds. The van der Waals surface area contributed by atoms with E-state index in [-0.39, 0.29) is 18.4 Å². The molecule has 3 nitrogen and oxygen atoms in total. The van der Waals surface area contributed by atoms with E-state index in [4.69, 9.17) is 4.74 Å². The van der Waals surface area contributed by atoms with Gasteiger partial charge in [-0.3, -0.25) is 4.98 Å². The first-order chi connectivity index (χ1) is 10.1. The number of hydrogen-bond donors (Lipinski definition) is 1. The molecule has 1 aromatic carbocycles. The van der Waals surface area contributed by atoms with Crippen molar-refractivity contribution in [1.82, 2.24) is 10.3 Å². The molecule has 5 heteroatoms. The molecular weight excluding hydrogens is 274 g/mol. The average molecular weight is 292 g/mol. The number of nitrogens with zero attached hydrogens (tertiary/aromatic N) is 1. The molecule has 0 bridgehead atoms. The minimum absolute atomic E-state index is 0.0261. The summed E-state index contributed by atoms with van der Waals surface area (Å²) in [4.78, 5) is 4.04. The van der Waals surface area contributed by atoms with E-state index in [1.807, 2.05) is 13.8 Å². The highest BCUT2D eigenvalue weighted by Gasteiger charge is 2.13. The summed E-state index contributed by atoms with van der Waals surface area (Å²) in [6.07, 6.45) is 1.60. The highest BCUT2D eigenvalue weighted by atomic mass is 19.1. The first-order valence-corrected chi connectivity index (χ1v) is 6.80. The Morgan fingerprint density at radius 1 is 1.19 bits per heavy atom. The van der Waals surface area contributed by atoms with Gasteiger partial charge in [-0.05, 0) is 29.8 Å². The molecule has 1 heterocycles. The molecule has 0 saturated heterocycles. The Labute approximate surface area is 123 Å². The van der Waals surface area contributed by atoms with E-state index < -0.39 is 11.6 Å². The third-order valence-corrected chi connectivity index (χ3v) is 2.86. The van der Waals surface area contributed by atoms with Gasteiger partial charge >= 0.3 is 0 Å². The minimum atomic E-state index is -0.702. The molecule has 2 rings (SSSR count). The number of benzene rings is 1. The van der Waals surface area contributed by atoms with Crippen molar-refractivity contribution in [1.29, 1.82) is 0 Å². The van der Waals surface area contributed by atoms with Crippen LogP contribution in [0, 0.1) is 11.6 Å². The molecule has 0 spiro atoms. The lowest BCUT2D eigenvalue weighted by Gasteiger charge is -2.11. The van der Waals surface area contributed by atoms with Crippen LogP contribution in [0.1, 0.15) is 25.1 Å². The molecule has 0 aliphatic rings. The van der Waals surface area contributed by atoms with Crippen LogP contribution in [0.3, 0.4) is 0 Å². The van der Waals surface area contributed by atoms with Crippen LogP contribution < -0.4 is 10.1 Å². The lowest BCUT2D eigenvalue weighted by molar-refractivity contribution is 0.270. The lowest BCUT2D eigenvalue weighted by Crippen LogP contribution is -2.22. The van der Waals surface area contributed by atoms with Crippen molar-refractivity contribution in [2.75, 3.05) is 0 Å². The van der Waals surface area contributed by atoms with Crippen molar-refractivity contribution in [3.63, 3.8) is 0 Å². The molecule has 0 aliphatic heterocycles. The minimum Gasteiger partial charge on any atom is -0.481 e. The number of hydrogen-bond acceptors (Lipinski definition) is 3. The molecule has 0 saturated carbocycles. The first-order valence-electron chi connectivity index (χ1n) is 6.80. The van der Waals surface area contributed by atoms with Crippen LogP contribution in [-0.4, -0.2) is 11.0 Å². The first kappa shape index (κ1) is 15.4. The van der Waals surface area contributed by atoms with E-state index in [0.29, 0.717) is 17.8 Å². The Balaban J connectivity index is 2.06. The van der Waals surface area contributed by atoms with Gasteiger partial charge in [0.2, 0.25) is 0 Å². The molecule has 1 aromatic heterocycles. The normalized spacial score (nSPS) is 10.9. The third kappa shape index (κ3) is 4.49. The number of nitrogens with one attached hydrogen (secondary N) is 1. The molecule has 0 radical (unpaired) electrons. The van der Waals surface area contributed by atoms with Gasteiger partial charge in [0, 0.05) is 18.8 Å². The fraction of sp³-hybridized carbons (Fsp3) is 0.312. The van der Waals surface area contributed by atoms with Gasteiger partial charge in [0.15, 0.2) is 17.4 Å². The second-order valence-corrected chi connectivity index (χ2v) is 5.03. The van der Waals surface area contributed by atoms with Crippen molar-refractivity contribution < 1.29 is 13.5 Å². The molecule has 2 aromatic rings. The van der Waals surface area contributed by atoms with E-state index in [2.05, 4.69) is 10.3 Å². The Hall–Kier alpha value is -2.01. The van der Waals surface area contributed by atoms with Crippen LogP contribution in [0.2, 0.25) is 0 Å². The number of halogens is 2. The average Bonchev–Trinajstić information content (AvgIpc) is 2.45. The largest absolute Gasteiger partial charge is 0.481 e. The summed E-state index contributed by atoms with van der Waals surface area (Å²) >= 11 is 0. The van der Waals surface area contributed by atoms with Crippen LogP contribution in [0.15, 0.2) is 36.5 Å². The zero-order chi connectivity index (χ0) is 15.2. The summed E-state index contributed by atoms with van der Waals surface area (Å²) < 4.78 is 33.1. The zero-order valence-electron chi connectivity index (χ0n) is 12.1. The molecule has 21 heavy (non-hydrogen) atoms. The molecule has 112 valence electrons. The van der Waals surface area contributed by atoms with Crippen LogP contribution in [0.4, 0.5) is 8.78 Å². The zero-order valence-corrected chi connectivity index (χ0v) is 12.1. The summed E-state index contributed by atoms with van der Waals surface area (Å²) in [6.45, 7) is 4.37. The second-order valence-electron chi connectivity index (χ2n) is 5.03. The molecule has 0 atom stereocenters. The second kappa shape index (κ2) is 7.13. The predicted molar refractivity (Wildman–Crippen MR) is 76.9 cm³/mol. The Morgan fingerprint density at radius 3 is 2.48 bits per heavy atom. The predicted octanol–water partition coefficient (Wildman–Crippen LogP) is 3.44. The fourth-order valence-electron chi connectivity index (χ4n) is 1.80. The maximum Gasteiger partial charge on any atom is 0.191 e. The smallest absolute Gasteiger partial charge is 0.191 e. The lowest BCUT2D eigenvalue weighted by atomic mass is 10.2. The number of ether oxygens (including phenoxy) is 1. The Morgan fingerprint density at radius 2 is 1.90 bits per heavy atom. The number of aromatic nitrogens is 1. The summed E-state index contributed by atoms with van der Waals surface area (Å²) in [5.74, 6) is -1.77. The van der Waals surface area contributed by atoms with Crippen molar-refractivity contribution in [2.45, 2.75) is 33.0 Å². The van der Waals surface area contributed by atoms with Crippen LogP contribution >= 0.6 is 0 Å². The van der Waals surface area contributed by atoms with Crippen molar-refractivity contribution in [3.8, 4) is 5.75 Å². The van der Waals surface area contributed by atoms with Gasteiger partial charge < -0.3 is 10.1 Å². The topological polar surface area (TPSA) is 34.1 Å². The van der Waals surface area contributed by atoms with E-state index in [1.54, 1.807) is 24.4 Å². The molecule has 0 aliphatic carbocycles. The van der Waals surface area contributed by atoms with Gasteiger partial charge in [-0.25, -0.2) is 8.78 Å². The van der Waals surface area contributed by atoms with Crippen LogP contribution in [0.5, 0.6) is 5.75 Å². The SMILES string of the molecule is CC(C)NCc1cc(F)c(OCc2ccccn2)c(F)c1. The van der Waals surface area contributed by atoms with E-state index in [9.17, 15) is 8.78 Å². The van der Waals surface area contributed by atoms with E-state index in [0.717, 1.165) is 0 Å². The monoisotopic (exact) mass is 292 g/mol. The summed E-state index contributed by atoms with van der Waals surface area (Å²) in [6, 6.07) is 8.10. The van der Waals surface area contributed by atoms with Gasteiger partial charge in [-0.2, -0.15) is 0 Å². The highest BCUT2D eigenvalue weighted by molar-refractivity contribution is 5.31. The van der Waals surface area contributed by atoms with Crippen molar-refractivity contribution >= 4 is 0 Å². The molecule has 0 fully saturated rings. The van der Waals surface area contributed by atoms with Crippen LogP contribution in [-0.2, 0) is 13.2 Å². The third-order valence-electron chi connectivity index (χ3n) is 2.86. The quantitative estimate of drug-likeness (QED) is 0.885. The standard InChI is InChI=1S/C16H18F2N2O/c1-11(2)20-9-12-7-14(17)16(15(18)8-12)21-10-13-5-3-4-6-19-13/h3-8,11,20H,9-10H2,1-2H3. The molecule has 1 N–H and O–H groups in total. The maximum absolute atomic E-state index is 13.9.